The van der Waals surface area contributed by atoms with E-state index in [1.54, 1.807) is 36.5 Å². The largest absolute Gasteiger partial charge is 0.299 e. The molecule has 2 heterocycles. The molecule has 0 atom stereocenters. The van der Waals surface area contributed by atoms with E-state index in [0.29, 0.717) is 16.4 Å². The highest BCUT2D eigenvalue weighted by atomic mass is 79.9. The van der Waals surface area contributed by atoms with Crippen LogP contribution in [0.1, 0.15) is 15.9 Å². The van der Waals surface area contributed by atoms with Gasteiger partial charge in [-0.25, -0.2) is 4.98 Å². The van der Waals surface area contributed by atoms with Gasteiger partial charge >= 0.3 is 0 Å². The van der Waals surface area contributed by atoms with Crippen molar-refractivity contribution < 1.29 is 9.59 Å². The van der Waals surface area contributed by atoms with Gasteiger partial charge in [0.1, 0.15) is 5.15 Å². The van der Waals surface area contributed by atoms with Gasteiger partial charge in [0.15, 0.2) is 0 Å². The fraction of sp³-hybridized carbons (Fsp3) is 0.0714. The molecule has 0 unspecified atom stereocenters. The summed E-state index contributed by atoms with van der Waals surface area (Å²) in [5.74, 6) is -1.01. The van der Waals surface area contributed by atoms with Crippen LogP contribution in [0.2, 0.25) is 5.15 Å². The van der Waals surface area contributed by atoms with Crippen LogP contribution in [-0.2, 0) is 11.3 Å². The van der Waals surface area contributed by atoms with Crippen molar-refractivity contribution in [3.63, 3.8) is 0 Å². The molecule has 0 radical (unpaired) electrons. The van der Waals surface area contributed by atoms with Gasteiger partial charge in [0.25, 0.3) is 11.7 Å². The van der Waals surface area contributed by atoms with E-state index in [1.165, 1.54) is 4.90 Å². The number of pyridine rings is 1. The molecule has 0 saturated carbocycles. The number of Topliss-reactive ketones (excluding diaryl/α,β-unsaturated/α-hetero) is 1. The minimum atomic E-state index is -0.526. The number of amides is 1. The Labute approximate surface area is 128 Å². The summed E-state index contributed by atoms with van der Waals surface area (Å²) >= 11 is 9.12. The number of anilines is 1. The van der Waals surface area contributed by atoms with Crippen LogP contribution in [0, 0.1) is 0 Å². The molecule has 2 aromatic rings. The molecule has 1 aliphatic rings. The lowest BCUT2D eigenvalue weighted by atomic mass is 10.1. The molecule has 0 aliphatic carbocycles. The standard InChI is InChI=1S/C14H8BrClN2O2/c15-10-3-1-2-9-12(10)18(14(20)13(9)19)7-8-4-5-11(16)17-6-8/h1-6H,7H2. The van der Waals surface area contributed by atoms with Gasteiger partial charge in [0, 0.05) is 10.7 Å². The van der Waals surface area contributed by atoms with Crippen LogP contribution >= 0.6 is 27.5 Å². The number of rotatable bonds is 2. The van der Waals surface area contributed by atoms with E-state index >= 15 is 0 Å². The highest BCUT2D eigenvalue weighted by Crippen LogP contribution is 2.36. The summed E-state index contributed by atoms with van der Waals surface area (Å²) in [5, 5.41) is 0.388. The first-order valence-electron chi connectivity index (χ1n) is 5.83. The Morgan fingerprint density at radius 1 is 1.20 bits per heavy atom. The van der Waals surface area contributed by atoms with Gasteiger partial charge in [-0.3, -0.25) is 14.5 Å². The van der Waals surface area contributed by atoms with E-state index < -0.39 is 11.7 Å². The molecular weight excluding hydrogens is 344 g/mol. The summed E-state index contributed by atoms with van der Waals surface area (Å²) in [5.41, 5.74) is 1.84. The molecule has 1 aromatic heterocycles. The van der Waals surface area contributed by atoms with Crippen molar-refractivity contribution in [3.05, 3.63) is 57.3 Å². The predicted octanol–water partition coefficient (Wildman–Crippen LogP) is 3.23. The lowest BCUT2D eigenvalue weighted by molar-refractivity contribution is -0.114. The molecule has 1 aromatic carbocycles. The molecule has 0 N–H and O–H groups in total. The molecule has 6 heteroatoms. The van der Waals surface area contributed by atoms with Crippen LogP contribution in [0.15, 0.2) is 41.0 Å². The summed E-state index contributed by atoms with van der Waals surface area (Å²) in [6.45, 7) is 0.282. The minimum Gasteiger partial charge on any atom is -0.299 e. The molecular formula is C14H8BrClN2O2. The number of carbonyl (C=O) groups is 2. The molecule has 4 nitrogen and oxygen atoms in total. The van der Waals surface area contributed by atoms with Crippen LogP contribution in [0.3, 0.4) is 0 Å². The number of para-hydroxylation sites is 1. The molecule has 0 fully saturated rings. The Hall–Kier alpha value is -1.72. The second-order valence-electron chi connectivity index (χ2n) is 4.35. The smallest absolute Gasteiger partial charge is 0.299 e. The molecule has 3 rings (SSSR count). The van der Waals surface area contributed by atoms with Gasteiger partial charge in [-0.1, -0.05) is 23.7 Å². The molecule has 100 valence electrons. The van der Waals surface area contributed by atoms with Crippen LogP contribution in [0.5, 0.6) is 0 Å². The van der Waals surface area contributed by atoms with E-state index in [2.05, 4.69) is 20.9 Å². The molecule has 0 saturated heterocycles. The highest BCUT2D eigenvalue weighted by molar-refractivity contribution is 9.10. The zero-order valence-electron chi connectivity index (χ0n) is 10.1. The summed E-state index contributed by atoms with van der Waals surface area (Å²) in [6, 6.07) is 8.63. The Morgan fingerprint density at radius 2 is 2.00 bits per heavy atom. The van der Waals surface area contributed by atoms with Crippen LogP contribution in [0.25, 0.3) is 0 Å². The number of aromatic nitrogens is 1. The Morgan fingerprint density at radius 3 is 2.70 bits per heavy atom. The maximum absolute atomic E-state index is 12.1. The fourth-order valence-corrected chi connectivity index (χ4v) is 2.84. The lowest BCUT2D eigenvalue weighted by Crippen LogP contribution is -2.29. The summed E-state index contributed by atoms with van der Waals surface area (Å²) in [4.78, 5) is 29.5. The molecule has 1 amide bonds. The monoisotopic (exact) mass is 350 g/mol. The van der Waals surface area contributed by atoms with Gasteiger partial charge in [-0.2, -0.15) is 0 Å². The van der Waals surface area contributed by atoms with Crippen LogP contribution in [0.4, 0.5) is 5.69 Å². The second kappa shape index (κ2) is 5.00. The third-order valence-corrected chi connectivity index (χ3v) is 3.93. The topological polar surface area (TPSA) is 50.3 Å². The fourth-order valence-electron chi connectivity index (χ4n) is 2.15. The highest BCUT2D eigenvalue weighted by Gasteiger charge is 2.37. The first-order valence-corrected chi connectivity index (χ1v) is 7.00. The van der Waals surface area contributed by atoms with E-state index in [0.717, 1.165) is 10.0 Å². The molecule has 0 bridgehead atoms. The number of benzene rings is 1. The van der Waals surface area contributed by atoms with E-state index in [9.17, 15) is 9.59 Å². The van der Waals surface area contributed by atoms with Crippen molar-refractivity contribution in [1.29, 1.82) is 0 Å². The Bertz CT molecular complexity index is 716. The molecule has 20 heavy (non-hydrogen) atoms. The van der Waals surface area contributed by atoms with E-state index in [-0.39, 0.29) is 6.54 Å². The second-order valence-corrected chi connectivity index (χ2v) is 5.59. The van der Waals surface area contributed by atoms with E-state index in [1.807, 2.05) is 0 Å². The van der Waals surface area contributed by atoms with Gasteiger partial charge in [0.05, 0.1) is 17.8 Å². The number of carbonyl (C=O) groups excluding carboxylic acids is 2. The Kier molecular flexibility index (Phi) is 3.31. The van der Waals surface area contributed by atoms with Gasteiger partial charge in [-0.05, 0) is 39.7 Å². The average Bonchev–Trinajstić information content (AvgIpc) is 2.68. The zero-order chi connectivity index (χ0) is 14.3. The van der Waals surface area contributed by atoms with Crippen molar-refractivity contribution in [1.82, 2.24) is 4.98 Å². The predicted molar refractivity (Wildman–Crippen MR) is 78.9 cm³/mol. The number of hydrogen-bond donors (Lipinski definition) is 0. The maximum atomic E-state index is 12.1. The number of hydrogen-bond acceptors (Lipinski definition) is 3. The van der Waals surface area contributed by atoms with Gasteiger partial charge in [0.2, 0.25) is 0 Å². The van der Waals surface area contributed by atoms with Gasteiger partial charge < -0.3 is 0 Å². The number of halogens is 2. The van der Waals surface area contributed by atoms with Crippen molar-refractivity contribution in [2.75, 3.05) is 4.90 Å². The number of fused-ring (bicyclic) bond motifs is 1. The average molecular weight is 352 g/mol. The van der Waals surface area contributed by atoms with Crippen LogP contribution in [-0.4, -0.2) is 16.7 Å². The molecule has 1 aliphatic heterocycles. The van der Waals surface area contributed by atoms with Gasteiger partial charge in [-0.15, -0.1) is 0 Å². The minimum absolute atomic E-state index is 0.282. The quantitative estimate of drug-likeness (QED) is 0.616. The maximum Gasteiger partial charge on any atom is 0.299 e. The molecule has 0 spiro atoms. The first-order chi connectivity index (χ1) is 9.58. The SMILES string of the molecule is O=C1C(=O)N(Cc2ccc(Cl)nc2)c2c(Br)cccc21. The first kappa shape index (κ1) is 13.3. The van der Waals surface area contributed by atoms with Crippen LogP contribution < -0.4 is 4.90 Å². The summed E-state index contributed by atoms with van der Waals surface area (Å²) in [7, 11) is 0. The van der Waals surface area contributed by atoms with Crippen molar-refractivity contribution in [3.8, 4) is 0 Å². The van der Waals surface area contributed by atoms with Crippen molar-refractivity contribution in [2.24, 2.45) is 0 Å². The van der Waals surface area contributed by atoms with Crippen molar-refractivity contribution in [2.45, 2.75) is 6.54 Å². The van der Waals surface area contributed by atoms with E-state index in [4.69, 9.17) is 11.6 Å². The van der Waals surface area contributed by atoms with Crippen molar-refractivity contribution >= 4 is 44.9 Å². The third-order valence-electron chi connectivity index (χ3n) is 3.07. The lowest BCUT2D eigenvalue weighted by Gasteiger charge is -2.17. The number of nitrogens with zero attached hydrogens (tertiary/aromatic N) is 2. The normalized spacial score (nSPS) is 13.8. The summed E-state index contributed by atoms with van der Waals surface area (Å²) in [6.07, 6.45) is 1.59. The third kappa shape index (κ3) is 2.13. The Balaban J connectivity index is 2.01. The summed E-state index contributed by atoms with van der Waals surface area (Å²) < 4.78 is 0.719. The zero-order valence-corrected chi connectivity index (χ0v) is 12.5. The number of ketones is 1.